The SMILES string of the molecule is N=C(N)C1=CCC=C(OC2CCNC2)C1. The average molecular weight is 207 g/mol. The topological polar surface area (TPSA) is 71.1 Å². The number of nitrogens with one attached hydrogen (secondary N) is 2. The lowest BCUT2D eigenvalue weighted by atomic mass is 10.0. The molecular formula is C11H17N3O. The second-order valence-corrected chi connectivity index (χ2v) is 3.96. The normalized spacial score (nSPS) is 25.7. The summed E-state index contributed by atoms with van der Waals surface area (Å²) in [5, 5.41) is 10.6. The smallest absolute Gasteiger partial charge is 0.118 e. The van der Waals surface area contributed by atoms with Crippen molar-refractivity contribution in [3.05, 3.63) is 23.5 Å². The molecule has 1 unspecified atom stereocenters. The lowest BCUT2D eigenvalue weighted by molar-refractivity contribution is 0.127. The van der Waals surface area contributed by atoms with Gasteiger partial charge in [-0.3, -0.25) is 5.41 Å². The van der Waals surface area contributed by atoms with E-state index in [0.29, 0.717) is 12.5 Å². The Morgan fingerprint density at radius 3 is 3.07 bits per heavy atom. The number of hydrogen-bond donors (Lipinski definition) is 3. The van der Waals surface area contributed by atoms with Crippen molar-refractivity contribution < 1.29 is 4.74 Å². The van der Waals surface area contributed by atoms with Crippen molar-refractivity contribution in [1.29, 1.82) is 5.41 Å². The summed E-state index contributed by atoms with van der Waals surface area (Å²) in [6.07, 6.45) is 6.92. The Hall–Kier alpha value is -1.29. The first-order valence-electron chi connectivity index (χ1n) is 5.35. The first-order valence-corrected chi connectivity index (χ1v) is 5.35. The van der Waals surface area contributed by atoms with Crippen LogP contribution in [0.1, 0.15) is 19.3 Å². The van der Waals surface area contributed by atoms with Crippen LogP contribution in [0.25, 0.3) is 0 Å². The molecule has 1 saturated heterocycles. The minimum atomic E-state index is 0.161. The van der Waals surface area contributed by atoms with E-state index in [2.05, 4.69) is 11.4 Å². The van der Waals surface area contributed by atoms with E-state index in [1.807, 2.05) is 6.08 Å². The van der Waals surface area contributed by atoms with Gasteiger partial charge in [0.2, 0.25) is 0 Å². The second kappa shape index (κ2) is 4.49. The van der Waals surface area contributed by atoms with Crippen molar-refractivity contribution in [2.75, 3.05) is 13.1 Å². The van der Waals surface area contributed by atoms with Gasteiger partial charge in [-0.25, -0.2) is 0 Å². The van der Waals surface area contributed by atoms with Gasteiger partial charge in [-0.15, -0.1) is 0 Å². The summed E-state index contributed by atoms with van der Waals surface area (Å²) in [4.78, 5) is 0. The quantitative estimate of drug-likeness (QED) is 0.475. The van der Waals surface area contributed by atoms with E-state index >= 15 is 0 Å². The Morgan fingerprint density at radius 1 is 1.53 bits per heavy atom. The summed E-state index contributed by atoms with van der Waals surface area (Å²) in [5.41, 5.74) is 6.34. The van der Waals surface area contributed by atoms with Crippen LogP contribution in [0.4, 0.5) is 0 Å². The zero-order valence-electron chi connectivity index (χ0n) is 8.75. The van der Waals surface area contributed by atoms with Gasteiger partial charge < -0.3 is 15.8 Å². The van der Waals surface area contributed by atoms with Crippen molar-refractivity contribution >= 4 is 5.84 Å². The molecule has 82 valence electrons. The molecule has 1 fully saturated rings. The van der Waals surface area contributed by atoms with E-state index in [4.69, 9.17) is 15.9 Å². The zero-order valence-corrected chi connectivity index (χ0v) is 8.75. The fraction of sp³-hybridized carbons (Fsp3) is 0.545. The standard InChI is InChI=1S/C11H17N3O/c12-11(13)8-2-1-3-9(6-8)15-10-4-5-14-7-10/h2-3,10,14H,1,4-7H2,(H3,12,13). The molecule has 1 heterocycles. The van der Waals surface area contributed by atoms with Crippen molar-refractivity contribution in [2.24, 2.45) is 5.73 Å². The van der Waals surface area contributed by atoms with Crippen molar-refractivity contribution in [3.8, 4) is 0 Å². The Bertz CT molecular complexity index is 314. The maximum atomic E-state index is 7.38. The highest BCUT2D eigenvalue weighted by Crippen LogP contribution is 2.21. The maximum Gasteiger partial charge on any atom is 0.118 e. The Labute approximate surface area is 89.7 Å². The van der Waals surface area contributed by atoms with Crippen LogP contribution in [0.2, 0.25) is 0 Å². The van der Waals surface area contributed by atoms with Gasteiger partial charge in [-0.05, 0) is 31.0 Å². The first kappa shape index (κ1) is 10.2. The molecular weight excluding hydrogens is 190 g/mol. The summed E-state index contributed by atoms with van der Waals surface area (Å²) < 4.78 is 5.84. The average Bonchev–Trinajstić information content (AvgIpc) is 2.71. The minimum Gasteiger partial charge on any atom is -0.493 e. The second-order valence-electron chi connectivity index (χ2n) is 3.96. The summed E-state index contributed by atoms with van der Waals surface area (Å²) in [6, 6.07) is 0. The lowest BCUT2D eigenvalue weighted by Crippen LogP contribution is -2.20. The van der Waals surface area contributed by atoms with E-state index in [1.165, 1.54) is 0 Å². The fourth-order valence-electron chi connectivity index (χ4n) is 1.90. The number of rotatable bonds is 3. The van der Waals surface area contributed by atoms with Crippen molar-refractivity contribution in [2.45, 2.75) is 25.4 Å². The number of nitrogens with two attached hydrogens (primary N) is 1. The van der Waals surface area contributed by atoms with Crippen molar-refractivity contribution in [1.82, 2.24) is 5.32 Å². The summed E-state index contributed by atoms with van der Waals surface area (Å²) >= 11 is 0. The zero-order chi connectivity index (χ0) is 10.7. The molecule has 0 saturated carbocycles. The molecule has 0 spiro atoms. The number of allylic oxidation sites excluding steroid dienone is 3. The Kier molecular flexibility index (Phi) is 3.06. The summed E-state index contributed by atoms with van der Waals surface area (Å²) in [5.74, 6) is 1.13. The first-order chi connectivity index (χ1) is 7.25. The molecule has 2 rings (SSSR count). The molecule has 0 radical (unpaired) electrons. The molecule has 2 aliphatic rings. The molecule has 0 aromatic rings. The molecule has 4 N–H and O–H groups in total. The molecule has 4 nitrogen and oxygen atoms in total. The van der Waals surface area contributed by atoms with E-state index in [-0.39, 0.29) is 5.84 Å². The third-order valence-corrected chi connectivity index (χ3v) is 2.75. The third kappa shape index (κ3) is 2.59. The fourth-order valence-corrected chi connectivity index (χ4v) is 1.90. The van der Waals surface area contributed by atoms with Crippen LogP contribution in [0.3, 0.4) is 0 Å². The van der Waals surface area contributed by atoms with Gasteiger partial charge in [0.1, 0.15) is 11.9 Å². The van der Waals surface area contributed by atoms with Crippen LogP contribution in [0.15, 0.2) is 23.5 Å². The third-order valence-electron chi connectivity index (χ3n) is 2.75. The molecule has 1 aliphatic carbocycles. The summed E-state index contributed by atoms with van der Waals surface area (Å²) in [6.45, 7) is 1.96. The molecule has 1 atom stereocenters. The van der Waals surface area contributed by atoms with Crippen LogP contribution >= 0.6 is 0 Å². The molecule has 4 heteroatoms. The van der Waals surface area contributed by atoms with Gasteiger partial charge in [0, 0.05) is 13.0 Å². The highest BCUT2D eigenvalue weighted by molar-refractivity contribution is 5.94. The van der Waals surface area contributed by atoms with Gasteiger partial charge in [-0.1, -0.05) is 6.08 Å². The maximum absolute atomic E-state index is 7.38. The molecule has 0 aromatic carbocycles. The van der Waals surface area contributed by atoms with Gasteiger partial charge in [0.05, 0.1) is 5.76 Å². The summed E-state index contributed by atoms with van der Waals surface area (Å²) in [7, 11) is 0. The number of hydrogen-bond acceptors (Lipinski definition) is 3. The van der Waals surface area contributed by atoms with Crippen LogP contribution in [-0.4, -0.2) is 25.0 Å². The van der Waals surface area contributed by atoms with Crippen LogP contribution in [0, 0.1) is 5.41 Å². The van der Waals surface area contributed by atoms with Gasteiger partial charge >= 0.3 is 0 Å². The van der Waals surface area contributed by atoms with E-state index in [9.17, 15) is 0 Å². The monoisotopic (exact) mass is 207 g/mol. The molecule has 0 aromatic heterocycles. The predicted octanol–water partition coefficient (Wildman–Crippen LogP) is 0.905. The van der Waals surface area contributed by atoms with Crippen LogP contribution < -0.4 is 11.1 Å². The van der Waals surface area contributed by atoms with Gasteiger partial charge in [0.25, 0.3) is 0 Å². The number of ether oxygens (including phenoxy) is 1. The van der Waals surface area contributed by atoms with Crippen LogP contribution in [0.5, 0.6) is 0 Å². The van der Waals surface area contributed by atoms with E-state index < -0.39 is 0 Å². The van der Waals surface area contributed by atoms with Gasteiger partial charge in [0.15, 0.2) is 0 Å². The predicted molar refractivity (Wildman–Crippen MR) is 59.7 cm³/mol. The largest absolute Gasteiger partial charge is 0.493 e. The number of amidine groups is 1. The van der Waals surface area contributed by atoms with Crippen molar-refractivity contribution in [3.63, 3.8) is 0 Å². The van der Waals surface area contributed by atoms with E-state index in [0.717, 1.165) is 37.3 Å². The Morgan fingerprint density at radius 2 is 2.40 bits per heavy atom. The lowest BCUT2D eigenvalue weighted by Gasteiger charge is -2.19. The molecule has 0 bridgehead atoms. The molecule has 1 aliphatic heterocycles. The minimum absolute atomic E-state index is 0.161. The van der Waals surface area contributed by atoms with Gasteiger partial charge in [-0.2, -0.15) is 0 Å². The highest BCUT2D eigenvalue weighted by Gasteiger charge is 2.18. The van der Waals surface area contributed by atoms with Crippen LogP contribution in [-0.2, 0) is 4.74 Å². The molecule has 15 heavy (non-hydrogen) atoms. The highest BCUT2D eigenvalue weighted by atomic mass is 16.5. The molecule has 0 amide bonds. The van der Waals surface area contributed by atoms with E-state index in [1.54, 1.807) is 0 Å². The Balaban J connectivity index is 1.88.